The van der Waals surface area contributed by atoms with Crippen molar-refractivity contribution in [1.29, 1.82) is 0 Å². The Hall–Kier alpha value is -9.39. The van der Waals surface area contributed by atoms with Crippen molar-refractivity contribution in [1.82, 2.24) is 15.0 Å². The standard InChI is InChI=1S/C63H42N6/c1-4-22-43(23-5-1)40-52-46-28-10-16-34-55(46)67(56-35-17-11-29-47(52)56)61-64-62(68-57-36-18-12-30-48(57)53(41-44-24-6-2-7-25-44)49-31-13-19-37-58(49)68)66-63(65-61)69-59-38-20-14-32-50(59)54(42-45-26-8-3-9-27-45)51-33-15-21-39-60(51)69/h1-42H. The van der Waals surface area contributed by atoms with Gasteiger partial charge in [-0.05, 0) is 88.0 Å². The number of aromatic nitrogens is 3. The van der Waals surface area contributed by atoms with Gasteiger partial charge in [0.25, 0.3) is 0 Å². The van der Waals surface area contributed by atoms with Crippen molar-refractivity contribution in [3.8, 4) is 0 Å². The maximum atomic E-state index is 5.62. The predicted molar refractivity (Wildman–Crippen MR) is 284 cm³/mol. The SMILES string of the molecule is C(=C1c2ccccc2N(c2nc(N3c4ccccc4C(=Cc4ccccc4)c4ccccc43)nc(N3c4ccccc4C(=Cc4ccccc4)c4ccccc43)n2)c2ccccc21)c1ccccc1. The van der Waals surface area contributed by atoms with E-state index in [2.05, 4.69) is 270 Å². The molecule has 13 rings (SSSR count). The molecule has 4 heterocycles. The molecule has 0 spiro atoms. The zero-order valence-electron chi connectivity index (χ0n) is 37.4. The third-order valence-electron chi connectivity index (χ3n) is 13.1. The van der Waals surface area contributed by atoms with Crippen LogP contribution >= 0.6 is 0 Å². The summed E-state index contributed by atoms with van der Waals surface area (Å²) in [5.41, 5.74) is 19.1. The number of anilines is 9. The van der Waals surface area contributed by atoms with Crippen LogP contribution in [0.3, 0.4) is 0 Å². The molecule has 1 aromatic heterocycles. The van der Waals surface area contributed by atoms with Gasteiger partial charge in [-0.3, -0.25) is 14.7 Å². The van der Waals surface area contributed by atoms with E-state index in [1.165, 1.54) is 0 Å². The summed E-state index contributed by atoms with van der Waals surface area (Å²) in [6.07, 6.45) is 6.84. The first-order valence-electron chi connectivity index (χ1n) is 23.3. The molecule has 324 valence electrons. The Labute approximate surface area is 401 Å². The average molecular weight is 883 g/mol. The second kappa shape index (κ2) is 16.8. The molecule has 69 heavy (non-hydrogen) atoms. The number of rotatable bonds is 6. The highest BCUT2D eigenvalue weighted by Gasteiger charge is 2.36. The number of hydrogen-bond acceptors (Lipinski definition) is 6. The maximum Gasteiger partial charge on any atom is 0.241 e. The van der Waals surface area contributed by atoms with Crippen molar-refractivity contribution in [2.75, 3.05) is 14.7 Å². The van der Waals surface area contributed by atoms with E-state index >= 15 is 0 Å². The molecule has 0 aliphatic carbocycles. The molecule has 0 unspecified atom stereocenters. The number of fused-ring (bicyclic) bond motifs is 6. The zero-order valence-corrected chi connectivity index (χ0v) is 37.4. The van der Waals surface area contributed by atoms with Gasteiger partial charge in [0.1, 0.15) is 0 Å². The third-order valence-corrected chi connectivity index (χ3v) is 13.1. The van der Waals surface area contributed by atoms with Crippen LogP contribution in [0.5, 0.6) is 0 Å². The first-order chi connectivity index (χ1) is 34.2. The van der Waals surface area contributed by atoms with Crippen molar-refractivity contribution in [2.24, 2.45) is 0 Å². The minimum absolute atomic E-state index is 0.495. The molecule has 0 radical (unpaired) electrons. The number of hydrogen-bond donors (Lipinski definition) is 0. The van der Waals surface area contributed by atoms with E-state index in [0.29, 0.717) is 17.8 Å². The summed E-state index contributed by atoms with van der Waals surface area (Å²) < 4.78 is 0. The van der Waals surface area contributed by atoms with E-state index in [1.807, 2.05) is 0 Å². The molecule has 0 fully saturated rings. The lowest BCUT2D eigenvalue weighted by atomic mass is 9.88. The normalized spacial score (nSPS) is 13.0. The third kappa shape index (κ3) is 6.93. The van der Waals surface area contributed by atoms with Gasteiger partial charge in [-0.1, -0.05) is 200 Å². The molecule has 0 N–H and O–H groups in total. The molecule has 0 saturated heterocycles. The van der Waals surface area contributed by atoms with E-state index in [-0.39, 0.29) is 0 Å². The molecular formula is C63H42N6. The van der Waals surface area contributed by atoms with Crippen LogP contribution in [0.15, 0.2) is 237 Å². The molecule has 0 bridgehead atoms. The van der Waals surface area contributed by atoms with Crippen molar-refractivity contribution < 1.29 is 0 Å². The van der Waals surface area contributed by atoms with Gasteiger partial charge in [-0.25, -0.2) is 0 Å². The molecule has 9 aromatic carbocycles. The van der Waals surface area contributed by atoms with Crippen molar-refractivity contribution in [2.45, 2.75) is 0 Å². The Morgan fingerprint density at radius 3 is 0.623 bits per heavy atom. The minimum atomic E-state index is 0.495. The fourth-order valence-corrected chi connectivity index (χ4v) is 10.1. The molecule has 6 heteroatoms. The van der Waals surface area contributed by atoms with Crippen LogP contribution < -0.4 is 14.7 Å². The smallest absolute Gasteiger partial charge is 0.241 e. The van der Waals surface area contributed by atoms with E-state index < -0.39 is 0 Å². The lowest BCUT2D eigenvalue weighted by molar-refractivity contribution is 0.954. The summed E-state index contributed by atoms with van der Waals surface area (Å²) >= 11 is 0. The summed E-state index contributed by atoms with van der Waals surface area (Å²) in [5.74, 6) is 1.49. The first-order valence-corrected chi connectivity index (χ1v) is 23.3. The van der Waals surface area contributed by atoms with Crippen LogP contribution in [-0.2, 0) is 0 Å². The summed E-state index contributed by atoms with van der Waals surface area (Å²) in [4.78, 5) is 23.5. The highest BCUT2D eigenvalue weighted by Crippen LogP contribution is 2.54. The van der Waals surface area contributed by atoms with Gasteiger partial charge in [0.2, 0.25) is 17.8 Å². The van der Waals surface area contributed by atoms with Crippen molar-refractivity contribution in [3.05, 3.63) is 287 Å². The quantitative estimate of drug-likeness (QED) is 0.166. The van der Waals surface area contributed by atoms with Crippen LogP contribution in [-0.4, -0.2) is 15.0 Å². The van der Waals surface area contributed by atoms with E-state index in [4.69, 9.17) is 15.0 Å². The number of nitrogens with zero attached hydrogens (tertiary/aromatic N) is 6. The van der Waals surface area contributed by atoms with Crippen molar-refractivity contribution in [3.63, 3.8) is 0 Å². The largest absolute Gasteiger partial charge is 0.278 e. The van der Waals surface area contributed by atoms with Crippen LogP contribution in [0.4, 0.5) is 52.0 Å². The van der Waals surface area contributed by atoms with Gasteiger partial charge in [-0.15, -0.1) is 0 Å². The fourth-order valence-electron chi connectivity index (χ4n) is 10.1. The first kappa shape index (κ1) is 39.9. The molecule has 0 saturated carbocycles. The fraction of sp³-hybridized carbons (Fsp3) is 0. The van der Waals surface area contributed by atoms with Gasteiger partial charge < -0.3 is 0 Å². The number of para-hydroxylation sites is 6. The van der Waals surface area contributed by atoms with Crippen molar-refractivity contribution >= 4 is 86.9 Å². The second-order valence-electron chi connectivity index (χ2n) is 17.3. The maximum absolute atomic E-state index is 5.62. The van der Waals surface area contributed by atoms with Crippen LogP contribution in [0.25, 0.3) is 34.9 Å². The Morgan fingerprint density at radius 2 is 0.406 bits per heavy atom. The molecule has 3 aliphatic rings. The Morgan fingerprint density at radius 1 is 0.217 bits per heavy atom. The zero-order chi connectivity index (χ0) is 45.7. The lowest BCUT2D eigenvalue weighted by Crippen LogP contribution is -2.27. The molecule has 3 aliphatic heterocycles. The second-order valence-corrected chi connectivity index (χ2v) is 17.3. The van der Waals surface area contributed by atoms with Crippen LogP contribution in [0.1, 0.15) is 50.1 Å². The molecule has 10 aromatic rings. The highest BCUT2D eigenvalue weighted by molar-refractivity contribution is 6.08. The topological polar surface area (TPSA) is 48.4 Å². The lowest BCUT2D eigenvalue weighted by Gasteiger charge is -2.37. The molecule has 0 amide bonds. The van der Waals surface area contributed by atoms with Gasteiger partial charge in [0.15, 0.2) is 0 Å². The molecule has 6 nitrogen and oxygen atoms in total. The molecular weight excluding hydrogens is 841 g/mol. The van der Waals surface area contributed by atoms with Crippen LogP contribution in [0, 0.1) is 0 Å². The average Bonchev–Trinajstić information content (AvgIpc) is 3.41. The Kier molecular flexibility index (Phi) is 9.72. The summed E-state index contributed by atoms with van der Waals surface area (Å²) in [6, 6.07) is 83.1. The predicted octanol–water partition coefficient (Wildman–Crippen LogP) is 16.0. The Bertz CT molecular complexity index is 3140. The van der Waals surface area contributed by atoms with Crippen LogP contribution in [0.2, 0.25) is 0 Å². The van der Waals surface area contributed by atoms with E-state index in [1.54, 1.807) is 0 Å². The Balaban J connectivity index is 1.08. The van der Waals surface area contributed by atoms with Gasteiger partial charge in [0, 0.05) is 33.4 Å². The summed E-state index contributed by atoms with van der Waals surface area (Å²) in [7, 11) is 0. The van der Waals surface area contributed by atoms with Gasteiger partial charge in [0.05, 0.1) is 34.1 Å². The van der Waals surface area contributed by atoms with Gasteiger partial charge >= 0.3 is 0 Å². The monoisotopic (exact) mass is 882 g/mol. The number of benzene rings is 9. The highest BCUT2D eigenvalue weighted by atomic mass is 15.4. The molecule has 0 atom stereocenters. The van der Waals surface area contributed by atoms with Gasteiger partial charge in [-0.2, -0.15) is 15.0 Å². The minimum Gasteiger partial charge on any atom is -0.278 e. The summed E-state index contributed by atoms with van der Waals surface area (Å²) in [5, 5.41) is 0. The summed E-state index contributed by atoms with van der Waals surface area (Å²) in [6.45, 7) is 0. The van der Waals surface area contributed by atoms with E-state index in [0.717, 1.165) is 101 Å². The van der Waals surface area contributed by atoms with E-state index in [9.17, 15) is 0 Å².